The molecular weight excluding hydrogens is 424 g/mol. The smallest absolute Gasteiger partial charge is 0.258 e. The number of nitrogens with one attached hydrogen (secondary N) is 1. The van der Waals surface area contributed by atoms with Crippen molar-refractivity contribution in [3.8, 4) is 5.75 Å². The number of sulfonamides is 1. The molecule has 0 unspecified atom stereocenters. The molecule has 7 heteroatoms. The summed E-state index contributed by atoms with van der Waals surface area (Å²) in [6, 6.07) is 10.4. The summed E-state index contributed by atoms with van der Waals surface area (Å²) in [5, 5.41) is 2.97. The molecule has 0 radical (unpaired) electrons. The summed E-state index contributed by atoms with van der Waals surface area (Å²) < 4.78 is 32.8. The molecule has 6 nitrogen and oxygen atoms in total. The van der Waals surface area contributed by atoms with Gasteiger partial charge in [-0.3, -0.25) is 4.79 Å². The maximum Gasteiger partial charge on any atom is 0.258 e. The lowest BCUT2D eigenvalue weighted by molar-refractivity contribution is -0.123. The second kappa shape index (κ2) is 10.0. The van der Waals surface area contributed by atoms with Gasteiger partial charge in [-0.2, -0.15) is 4.31 Å². The van der Waals surface area contributed by atoms with Crippen LogP contribution in [0.15, 0.2) is 41.3 Å². The summed E-state index contributed by atoms with van der Waals surface area (Å²) in [5.74, 6) is 0.792. The van der Waals surface area contributed by atoms with E-state index in [4.69, 9.17) is 4.74 Å². The number of carbonyl (C=O) groups is 1. The molecule has 1 aliphatic rings. The minimum Gasteiger partial charge on any atom is -0.484 e. The van der Waals surface area contributed by atoms with E-state index in [1.165, 1.54) is 11.1 Å². The van der Waals surface area contributed by atoms with Crippen molar-refractivity contribution in [2.45, 2.75) is 58.4 Å². The zero-order valence-electron chi connectivity index (χ0n) is 19.6. The Morgan fingerprint density at radius 1 is 1.06 bits per heavy atom. The molecule has 2 aromatic rings. The molecule has 1 N–H and O–H groups in total. The number of aryl methyl sites for hydroxylation is 3. The average molecular weight is 459 g/mol. The highest BCUT2D eigenvalue weighted by molar-refractivity contribution is 7.89. The van der Waals surface area contributed by atoms with Crippen LogP contribution in [0.5, 0.6) is 5.75 Å². The third kappa shape index (κ3) is 5.70. The van der Waals surface area contributed by atoms with E-state index in [-0.39, 0.29) is 23.5 Å². The second-order valence-corrected chi connectivity index (χ2v) is 10.9. The van der Waals surface area contributed by atoms with Crippen LogP contribution in [0.4, 0.5) is 0 Å². The Kier molecular flexibility index (Phi) is 7.62. The molecule has 32 heavy (non-hydrogen) atoms. The van der Waals surface area contributed by atoms with Gasteiger partial charge < -0.3 is 10.1 Å². The highest BCUT2D eigenvalue weighted by atomic mass is 32.2. The van der Waals surface area contributed by atoms with E-state index >= 15 is 0 Å². The molecular formula is C25H34N2O4S. The van der Waals surface area contributed by atoms with Crippen LogP contribution < -0.4 is 10.1 Å². The van der Waals surface area contributed by atoms with Crippen molar-refractivity contribution in [2.75, 3.05) is 19.7 Å². The molecule has 1 atom stereocenters. The summed E-state index contributed by atoms with van der Waals surface area (Å²) in [6.07, 6.45) is 1.77. The molecule has 174 valence electrons. The maximum atomic E-state index is 12.8. The van der Waals surface area contributed by atoms with E-state index in [2.05, 4.69) is 38.2 Å². The molecule has 0 aromatic heterocycles. The monoisotopic (exact) mass is 458 g/mol. The first-order chi connectivity index (χ1) is 15.1. The van der Waals surface area contributed by atoms with Gasteiger partial charge in [-0.1, -0.05) is 19.1 Å². The Hall–Kier alpha value is -2.38. The normalized spacial score (nSPS) is 16.5. The predicted octanol–water partition coefficient (Wildman–Crippen LogP) is 4.29. The van der Waals surface area contributed by atoms with Crippen molar-refractivity contribution in [1.29, 1.82) is 0 Å². The largest absolute Gasteiger partial charge is 0.484 e. The van der Waals surface area contributed by atoms with Crippen LogP contribution in [0, 0.1) is 26.7 Å². The van der Waals surface area contributed by atoms with Crippen LogP contribution >= 0.6 is 0 Å². The summed E-state index contributed by atoms with van der Waals surface area (Å²) in [7, 11) is -3.49. The fraction of sp³-hybridized carbons (Fsp3) is 0.480. The standard InChI is InChI=1S/C25H34N2O4S/c1-17-10-12-27(13-11-17)32(29,30)23-8-6-22(7-9-23)31-16-25(28)26-21(5)24-15-19(3)18(2)14-20(24)4/h6-9,14-15,17,21H,10-13,16H2,1-5H3,(H,26,28)/t21-/m0/s1. The van der Waals surface area contributed by atoms with Crippen molar-refractivity contribution in [1.82, 2.24) is 9.62 Å². The van der Waals surface area contributed by atoms with Crippen molar-refractivity contribution in [3.05, 3.63) is 58.7 Å². The average Bonchev–Trinajstić information content (AvgIpc) is 2.75. The highest BCUT2D eigenvalue weighted by Crippen LogP contribution is 2.25. The van der Waals surface area contributed by atoms with Crippen LogP contribution in [0.3, 0.4) is 0 Å². The second-order valence-electron chi connectivity index (χ2n) is 8.93. The molecule has 0 spiro atoms. The minimum absolute atomic E-state index is 0.134. The number of hydrogen-bond acceptors (Lipinski definition) is 4. The summed E-state index contributed by atoms with van der Waals surface area (Å²) in [4.78, 5) is 12.6. The fourth-order valence-electron chi connectivity index (χ4n) is 4.04. The molecule has 0 aliphatic carbocycles. The van der Waals surface area contributed by atoms with Gasteiger partial charge in [0.15, 0.2) is 6.61 Å². The van der Waals surface area contributed by atoms with E-state index in [9.17, 15) is 13.2 Å². The van der Waals surface area contributed by atoms with Crippen molar-refractivity contribution in [3.63, 3.8) is 0 Å². The SMILES string of the molecule is Cc1cc(C)c([C@H](C)NC(=O)COc2ccc(S(=O)(=O)N3CCC(C)CC3)cc2)cc1C. The number of rotatable bonds is 7. The van der Waals surface area contributed by atoms with Crippen LogP contribution in [0.25, 0.3) is 0 Å². The zero-order chi connectivity index (χ0) is 23.5. The highest BCUT2D eigenvalue weighted by Gasteiger charge is 2.28. The quantitative estimate of drug-likeness (QED) is 0.672. The van der Waals surface area contributed by atoms with Crippen LogP contribution in [-0.4, -0.2) is 38.3 Å². The van der Waals surface area contributed by atoms with Crippen molar-refractivity contribution in [2.24, 2.45) is 5.92 Å². The van der Waals surface area contributed by atoms with Crippen molar-refractivity contribution < 1.29 is 17.9 Å². The van der Waals surface area contributed by atoms with Gasteiger partial charge in [0.05, 0.1) is 10.9 Å². The fourth-order valence-corrected chi connectivity index (χ4v) is 5.51. The number of benzene rings is 2. The van der Waals surface area contributed by atoms with E-state index in [1.807, 2.05) is 13.8 Å². The molecule has 1 heterocycles. The van der Waals surface area contributed by atoms with Crippen LogP contribution in [-0.2, 0) is 14.8 Å². The predicted molar refractivity (Wildman–Crippen MR) is 126 cm³/mol. The van der Waals surface area contributed by atoms with Gasteiger partial charge in [0.25, 0.3) is 5.91 Å². The molecule has 2 aromatic carbocycles. The summed E-state index contributed by atoms with van der Waals surface area (Å²) >= 11 is 0. The van der Waals surface area contributed by atoms with Gasteiger partial charge in [0.1, 0.15) is 5.75 Å². The van der Waals surface area contributed by atoms with E-state index < -0.39 is 10.0 Å². The molecule has 1 amide bonds. The molecule has 0 bridgehead atoms. The van der Waals surface area contributed by atoms with Crippen LogP contribution in [0.2, 0.25) is 0 Å². The first kappa shape index (κ1) is 24.3. The number of carbonyl (C=O) groups excluding carboxylic acids is 1. The molecule has 1 fully saturated rings. The number of ether oxygens (including phenoxy) is 1. The minimum atomic E-state index is -3.49. The first-order valence-corrected chi connectivity index (χ1v) is 12.6. The van der Waals surface area contributed by atoms with Crippen molar-refractivity contribution >= 4 is 15.9 Å². The molecule has 1 aliphatic heterocycles. The lowest BCUT2D eigenvalue weighted by Crippen LogP contribution is -2.37. The lowest BCUT2D eigenvalue weighted by atomic mass is 9.96. The number of nitrogens with zero attached hydrogens (tertiary/aromatic N) is 1. The maximum absolute atomic E-state index is 12.8. The van der Waals surface area contributed by atoms with Gasteiger partial charge in [-0.05, 0) is 93.0 Å². The Balaban J connectivity index is 1.56. The summed E-state index contributed by atoms with van der Waals surface area (Å²) in [5.41, 5.74) is 4.65. The lowest BCUT2D eigenvalue weighted by Gasteiger charge is -2.29. The Morgan fingerprint density at radius 2 is 1.66 bits per heavy atom. The van der Waals surface area contributed by atoms with Gasteiger partial charge >= 0.3 is 0 Å². The van der Waals surface area contributed by atoms with Gasteiger partial charge in [-0.25, -0.2) is 8.42 Å². The Labute approximate surface area is 192 Å². The molecule has 1 saturated heterocycles. The van der Waals surface area contributed by atoms with Gasteiger partial charge in [-0.15, -0.1) is 0 Å². The number of hydrogen-bond donors (Lipinski definition) is 1. The third-order valence-electron chi connectivity index (χ3n) is 6.30. The van der Waals surface area contributed by atoms with Crippen LogP contribution in [0.1, 0.15) is 55.0 Å². The third-order valence-corrected chi connectivity index (χ3v) is 8.21. The number of amides is 1. The van der Waals surface area contributed by atoms with E-state index in [0.717, 1.165) is 24.0 Å². The summed E-state index contributed by atoms with van der Waals surface area (Å²) in [6.45, 7) is 11.3. The Bertz CT molecular complexity index is 1060. The first-order valence-electron chi connectivity index (χ1n) is 11.2. The van der Waals surface area contributed by atoms with E-state index in [1.54, 1.807) is 28.6 Å². The molecule has 3 rings (SSSR count). The van der Waals surface area contributed by atoms with E-state index in [0.29, 0.717) is 24.8 Å². The Morgan fingerprint density at radius 3 is 2.28 bits per heavy atom. The number of piperidine rings is 1. The zero-order valence-corrected chi connectivity index (χ0v) is 20.5. The topological polar surface area (TPSA) is 75.7 Å². The van der Waals surface area contributed by atoms with Gasteiger partial charge in [0, 0.05) is 13.1 Å². The molecule has 0 saturated carbocycles. The van der Waals surface area contributed by atoms with Gasteiger partial charge in [0.2, 0.25) is 10.0 Å².